The molecule has 0 aliphatic carbocycles. The molecular formula is C14H23N3. The van der Waals surface area contributed by atoms with Crippen LogP contribution >= 0.6 is 0 Å². The van der Waals surface area contributed by atoms with Crippen LogP contribution in [0, 0.1) is 5.92 Å². The summed E-state index contributed by atoms with van der Waals surface area (Å²) in [5.41, 5.74) is 8.02. The van der Waals surface area contributed by atoms with Gasteiger partial charge in [-0.3, -0.25) is 4.98 Å². The molecule has 94 valence electrons. The van der Waals surface area contributed by atoms with Crippen LogP contribution in [0.15, 0.2) is 18.3 Å². The number of anilines is 1. The molecule has 2 heterocycles. The first-order valence-electron chi connectivity index (χ1n) is 6.57. The van der Waals surface area contributed by atoms with E-state index in [1.54, 1.807) is 0 Å². The van der Waals surface area contributed by atoms with E-state index in [4.69, 9.17) is 5.73 Å². The molecule has 0 amide bonds. The van der Waals surface area contributed by atoms with Gasteiger partial charge in [0, 0.05) is 18.6 Å². The summed E-state index contributed by atoms with van der Waals surface area (Å²) in [6.07, 6.45) is 4.56. The van der Waals surface area contributed by atoms with E-state index < -0.39 is 0 Å². The molecule has 0 bridgehead atoms. The average Bonchev–Trinajstić information content (AvgIpc) is 2.78. The third-order valence-electron chi connectivity index (χ3n) is 3.64. The van der Waals surface area contributed by atoms with E-state index >= 15 is 0 Å². The molecule has 2 rings (SSSR count). The van der Waals surface area contributed by atoms with E-state index in [1.165, 1.54) is 18.5 Å². The molecule has 1 unspecified atom stereocenters. The van der Waals surface area contributed by atoms with Crippen molar-refractivity contribution >= 4 is 5.69 Å². The molecule has 0 aromatic carbocycles. The highest BCUT2D eigenvalue weighted by Crippen LogP contribution is 2.29. The van der Waals surface area contributed by atoms with E-state index in [0.29, 0.717) is 12.0 Å². The number of nitrogens with two attached hydrogens (primary N) is 1. The number of hydrogen-bond acceptors (Lipinski definition) is 3. The van der Waals surface area contributed by atoms with Gasteiger partial charge in [-0.05, 0) is 37.8 Å². The average molecular weight is 233 g/mol. The van der Waals surface area contributed by atoms with E-state index in [9.17, 15) is 0 Å². The molecule has 0 spiro atoms. The van der Waals surface area contributed by atoms with E-state index in [2.05, 4.69) is 35.9 Å². The maximum absolute atomic E-state index is 5.82. The smallest absolute Gasteiger partial charge is 0.0569 e. The summed E-state index contributed by atoms with van der Waals surface area (Å²) in [5, 5.41) is 0. The molecule has 17 heavy (non-hydrogen) atoms. The minimum absolute atomic E-state index is 0.0172. The first-order chi connectivity index (χ1) is 8.09. The van der Waals surface area contributed by atoms with Crippen LogP contribution in [0.4, 0.5) is 5.69 Å². The molecule has 0 saturated carbocycles. The molecule has 3 heteroatoms. The van der Waals surface area contributed by atoms with Gasteiger partial charge < -0.3 is 10.6 Å². The predicted octanol–water partition coefficient (Wildman–Crippen LogP) is 2.73. The second-order valence-corrected chi connectivity index (χ2v) is 5.38. The van der Waals surface area contributed by atoms with Gasteiger partial charge in [0.1, 0.15) is 0 Å². The topological polar surface area (TPSA) is 42.1 Å². The van der Waals surface area contributed by atoms with Gasteiger partial charge in [0.15, 0.2) is 0 Å². The first kappa shape index (κ1) is 12.4. The highest BCUT2D eigenvalue weighted by atomic mass is 15.2. The predicted molar refractivity (Wildman–Crippen MR) is 72.0 cm³/mol. The van der Waals surface area contributed by atoms with E-state index in [1.807, 2.05) is 13.1 Å². The molecule has 1 saturated heterocycles. The van der Waals surface area contributed by atoms with E-state index in [-0.39, 0.29) is 6.04 Å². The fraction of sp³-hybridized carbons (Fsp3) is 0.643. The monoisotopic (exact) mass is 233 g/mol. The Morgan fingerprint density at radius 3 is 2.65 bits per heavy atom. The zero-order valence-electron chi connectivity index (χ0n) is 11.1. The van der Waals surface area contributed by atoms with Crippen LogP contribution in [-0.4, -0.2) is 17.6 Å². The molecule has 1 aromatic heterocycles. The number of pyridine rings is 1. The van der Waals surface area contributed by atoms with Crippen molar-refractivity contribution in [1.82, 2.24) is 4.98 Å². The Hall–Kier alpha value is -1.09. The Labute approximate surface area is 104 Å². The second kappa shape index (κ2) is 5.05. The number of hydrogen-bond donors (Lipinski definition) is 1. The summed E-state index contributed by atoms with van der Waals surface area (Å²) < 4.78 is 0. The quantitative estimate of drug-likeness (QED) is 0.873. The van der Waals surface area contributed by atoms with E-state index in [0.717, 1.165) is 12.2 Å². The van der Waals surface area contributed by atoms with Gasteiger partial charge >= 0.3 is 0 Å². The Bertz CT molecular complexity index is 356. The number of nitrogens with zero attached hydrogens (tertiary/aromatic N) is 2. The fourth-order valence-electron chi connectivity index (χ4n) is 2.64. The summed E-state index contributed by atoms with van der Waals surface area (Å²) in [5.74, 6) is 0.700. The van der Waals surface area contributed by atoms with Gasteiger partial charge in [-0.1, -0.05) is 13.8 Å². The number of aromatic nitrogens is 1. The normalized spacial score (nSPS) is 22.2. The molecule has 3 nitrogen and oxygen atoms in total. The second-order valence-electron chi connectivity index (χ2n) is 5.38. The standard InChI is InChI=1S/C14H23N3/c1-10(2)14-5-4-8-17(14)12-6-7-13(11(3)15)16-9-12/h6-7,9-11,14H,4-5,8,15H2,1-3H3/t11-,14?/m1/s1. The summed E-state index contributed by atoms with van der Waals surface area (Å²) in [7, 11) is 0. The van der Waals surface area contributed by atoms with Crippen LogP contribution in [0.1, 0.15) is 45.3 Å². The SMILES string of the molecule is CC(C)C1CCCN1c1ccc([C@@H](C)N)nc1. The van der Waals surface area contributed by atoms with Crippen LogP contribution < -0.4 is 10.6 Å². The summed E-state index contributed by atoms with van der Waals surface area (Å²) in [6, 6.07) is 4.89. The molecule has 2 atom stereocenters. The van der Waals surface area contributed by atoms with Crippen molar-refractivity contribution in [3.8, 4) is 0 Å². The molecule has 1 aliphatic rings. The molecular weight excluding hydrogens is 210 g/mol. The highest BCUT2D eigenvalue weighted by Gasteiger charge is 2.27. The lowest BCUT2D eigenvalue weighted by atomic mass is 10.0. The summed E-state index contributed by atoms with van der Waals surface area (Å²) in [4.78, 5) is 6.94. The maximum atomic E-state index is 5.82. The maximum Gasteiger partial charge on any atom is 0.0569 e. The molecule has 2 N–H and O–H groups in total. The van der Waals surface area contributed by atoms with Gasteiger partial charge in [0.25, 0.3) is 0 Å². The lowest BCUT2D eigenvalue weighted by molar-refractivity contribution is 0.491. The zero-order chi connectivity index (χ0) is 12.4. The third-order valence-corrected chi connectivity index (χ3v) is 3.64. The van der Waals surface area contributed by atoms with Crippen molar-refractivity contribution in [3.63, 3.8) is 0 Å². The van der Waals surface area contributed by atoms with Crippen molar-refractivity contribution < 1.29 is 0 Å². The fourth-order valence-corrected chi connectivity index (χ4v) is 2.64. The van der Waals surface area contributed by atoms with Gasteiger partial charge in [-0.25, -0.2) is 0 Å². The van der Waals surface area contributed by atoms with Crippen LogP contribution in [0.3, 0.4) is 0 Å². The van der Waals surface area contributed by atoms with Crippen molar-refractivity contribution in [2.24, 2.45) is 11.7 Å². The first-order valence-corrected chi connectivity index (χ1v) is 6.57. The summed E-state index contributed by atoms with van der Waals surface area (Å²) >= 11 is 0. The summed E-state index contributed by atoms with van der Waals surface area (Å²) in [6.45, 7) is 7.72. The lowest BCUT2D eigenvalue weighted by Gasteiger charge is -2.29. The minimum atomic E-state index is 0.0172. The van der Waals surface area contributed by atoms with Crippen molar-refractivity contribution in [2.45, 2.75) is 45.7 Å². The highest BCUT2D eigenvalue weighted by molar-refractivity contribution is 5.47. The Balaban J connectivity index is 2.16. The Morgan fingerprint density at radius 2 is 2.12 bits per heavy atom. The van der Waals surface area contributed by atoms with Crippen molar-refractivity contribution in [1.29, 1.82) is 0 Å². The van der Waals surface area contributed by atoms with Gasteiger partial charge in [-0.2, -0.15) is 0 Å². The minimum Gasteiger partial charge on any atom is -0.367 e. The number of rotatable bonds is 3. The van der Waals surface area contributed by atoms with Crippen LogP contribution in [0.2, 0.25) is 0 Å². The molecule has 1 aromatic rings. The largest absolute Gasteiger partial charge is 0.367 e. The van der Waals surface area contributed by atoms with Gasteiger partial charge in [0.2, 0.25) is 0 Å². The van der Waals surface area contributed by atoms with Gasteiger partial charge in [-0.15, -0.1) is 0 Å². The van der Waals surface area contributed by atoms with Crippen molar-refractivity contribution in [2.75, 3.05) is 11.4 Å². The van der Waals surface area contributed by atoms with Crippen LogP contribution in [0.5, 0.6) is 0 Å². The van der Waals surface area contributed by atoms with Crippen LogP contribution in [0.25, 0.3) is 0 Å². The van der Waals surface area contributed by atoms with Gasteiger partial charge in [0.05, 0.1) is 17.6 Å². The Morgan fingerprint density at radius 1 is 1.35 bits per heavy atom. The third kappa shape index (κ3) is 2.60. The molecule has 1 fully saturated rings. The zero-order valence-corrected chi connectivity index (χ0v) is 11.1. The Kier molecular flexibility index (Phi) is 3.67. The molecule has 1 aliphatic heterocycles. The molecule has 0 radical (unpaired) electrons. The lowest BCUT2D eigenvalue weighted by Crippen LogP contribution is -2.33. The van der Waals surface area contributed by atoms with Crippen LogP contribution in [-0.2, 0) is 0 Å². The van der Waals surface area contributed by atoms with Crippen molar-refractivity contribution in [3.05, 3.63) is 24.0 Å².